The lowest BCUT2D eigenvalue weighted by molar-refractivity contribution is -0.131. The standard InChI is InChI=1S/C11H19N3O5/c1-13-6-10(17)14(11(13)18)5-9(16)12-8(3-4-15)7-19-2/h8,15H,3-7H2,1-2H3,(H,12,16). The SMILES string of the molecule is COCC(CCO)NC(=O)CN1C(=O)CN(C)C1=O. The number of methoxy groups -OCH3 is 1. The highest BCUT2D eigenvalue weighted by Gasteiger charge is 2.34. The number of amides is 4. The predicted octanol–water partition coefficient (Wildman–Crippen LogP) is -1.61. The Balaban J connectivity index is 2.50. The summed E-state index contributed by atoms with van der Waals surface area (Å²) in [5, 5.41) is 11.5. The van der Waals surface area contributed by atoms with Gasteiger partial charge in [0.15, 0.2) is 0 Å². The number of nitrogens with zero attached hydrogens (tertiary/aromatic N) is 2. The van der Waals surface area contributed by atoms with Gasteiger partial charge in [0.25, 0.3) is 5.91 Å². The van der Waals surface area contributed by atoms with Crippen LogP contribution in [-0.4, -0.2) is 79.3 Å². The second-order valence-corrected chi connectivity index (χ2v) is 4.35. The molecule has 1 aliphatic heterocycles. The summed E-state index contributed by atoms with van der Waals surface area (Å²) in [6.07, 6.45) is 0.349. The molecule has 0 radical (unpaired) electrons. The molecule has 0 aromatic heterocycles. The number of carbonyl (C=O) groups is 3. The minimum absolute atomic E-state index is 0.00967. The zero-order chi connectivity index (χ0) is 14.4. The van der Waals surface area contributed by atoms with Crippen molar-refractivity contribution in [1.82, 2.24) is 15.1 Å². The summed E-state index contributed by atoms with van der Waals surface area (Å²) in [7, 11) is 2.98. The van der Waals surface area contributed by atoms with Crippen LogP contribution >= 0.6 is 0 Å². The molecule has 8 heteroatoms. The van der Waals surface area contributed by atoms with Crippen LogP contribution in [0.5, 0.6) is 0 Å². The Labute approximate surface area is 111 Å². The number of ether oxygens (including phenoxy) is 1. The number of carbonyl (C=O) groups excluding carboxylic acids is 3. The lowest BCUT2D eigenvalue weighted by atomic mass is 10.2. The van der Waals surface area contributed by atoms with E-state index >= 15 is 0 Å². The molecule has 1 fully saturated rings. The number of urea groups is 1. The molecule has 1 atom stereocenters. The number of imide groups is 1. The van der Waals surface area contributed by atoms with Crippen molar-refractivity contribution in [3.05, 3.63) is 0 Å². The van der Waals surface area contributed by atoms with E-state index in [1.165, 1.54) is 19.1 Å². The van der Waals surface area contributed by atoms with Gasteiger partial charge in [0.2, 0.25) is 5.91 Å². The molecular formula is C11H19N3O5. The van der Waals surface area contributed by atoms with Crippen LogP contribution in [0, 0.1) is 0 Å². The van der Waals surface area contributed by atoms with Gasteiger partial charge in [-0.2, -0.15) is 0 Å². The minimum atomic E-state index is -0.481. The molecule has 2 N–H and O–H groups in total. The van der Waals surface area contributed by atoms with Crippen molar-refractivity contribution in [3.8, 4) is 0 Å². The topological polar surface area (TPSA) is 99.2 Å². The van der Waals surface area contributed by atoms with Gasteiger partial charge in [-0.25, -0.2) is 4.79 Å². The van der Waals surface area contributed by atoms with Crippen molar-refractivity contribution < 1.29 is 24.2 Å². The molecule has 1 aliphatic rings. The number of hydrogen-bond acceptors (Lipinski definition) is 5. The van der Waals surface area contributed by atoms with Crippen LogP contribution < -0.4 is 5.32 Å². The third kappa shape index (κ3) is 4.18. The highest BCUT2D eigenvalue weighted by atomic mass is 16.5. The maximum atomic E-state index is 11.7. The smallest absolute Gasteiger partial charge is 0.327 e. The van der Waals surface area contributed by atoms with Crippen molar-refractivity contribution in [1.29, 1.82) is 0 Å². The van der Waals surface area contributed by atoms with Crippen LogP contribution in [0.3, 0.4) is 0 Å². The van der Waals surface area contributed by atoms with Crippen molar-refractivity contribution in [2.75, 3.05) is 40.5 Å². The molecule has 1 unspecified atom stereocenters. The molecule has 0 aromatic carbocycles. The zero-order valence-corrected chi connectivity index (χ0v) is 11.1. The molecule has 0 aromatic rings. The first-order valence-corrected chi connectivity index (χ1v) is 5.94. The van der Waals surface area contributed by atoms with Crippen LogP contribution in [-0.2, 0) is 14.3 Å². The molecule has 0 aliphatic carbocycles. The Hall–Kier alpha value is -1.67. The van der Waals surface area contributed by atoms with Crippen molar-refractivity contribution in [3.63, 3.8) is 0 Å². The summed E-state index contributed by atoms with van der Waals surface area (Å²) in [6.45, 7) is -0.148. The Kier molecular flexibility index (Phi) is 5.71. The molecule has 8 nitrogen and oxygen atoms in total. The molecule has 0 bridgehead atoms. The predicted molar refractivity (Wildman–Crippen MR) is 65.2 cm³/mol. The Bertz CT molecular complexity index is 354. The van der Waals surface area contributed by atoms with Gasteiger partial charge in [0.05, 0.1) is 12.6 Å². The lowest BCUT2D eigenvalue weighted by Gasteiger charge is -2.19. The van der Waals surface area contributed by atoms with Crippen LogP contribution in [0.4, 0.5) is 4.79 Å². The number of aliphatic hydroxyl groups excluding tert-OH is 1. The van der Waals surface area contributed by atoms with Gasteiger partial charge in [-0.1, -0.05) is 0 Å². The second-order valence-electron chi connectivity index (χ2n) is 4.35. The van der Waals surface area contributed by atoms with E-state index < -0.39 is 17.8 Å². The number of hydrogen-bond donors (Lipinski definition) is 2. The highest BCUT2D eigenvalue weighted by molar-refractivity contribution is 6.04. The van der Waals surface area contributed by atoms with Crippen LogP contribution in [0.1, 0.15) is 6.42 Å². The Morgan fingerprint density at radius 2 is 2.21 bits per heavy atom. The van der Waals surface area contributed by atoms with Crippen LogP contribution in [0.15, 0.2) is 0 Å². The molecule has 108 valence electrons. The molecule has 0 saturated carbocycles. The number of rotatable bonds is 7. The normalized spacial score (nSPS) is 17.0. The van der Waals surface area contributed by atoms with Gasteiger partial charge < -0.3 is 20.1 Å². The number of likely N-dealkylation sites (N-methyl/N-ethyl adjacent to an activating group) is 1. The van der Waals surface area contributed by atoms with Gasteiger partial charge in [0, 0.05) is 20.8 Å². The van der Waals surface area contributed by atoms with Crippen molar-refractivity contribution >= 4 is 17.8 Å². The van der Waals surface area contributed by atoms with E-state index in [9.17, 15) is 14.4 Å². The summed E-state index contributed by atoms with van der Waals surface area (Å²) in [5.41, 5.74) is 0. The monoisotopic (exact) mass is 273 g/mol. The molecule has 1 saturated heterocycles. The van der Waals surface area contributed by atoms with E-state index in [-0.39, 0.29) is 32.3 Å². The van der Waals surface area contributed by atoms with Gasteiger partial charge in [0.1, 0.15) is 13.1 Å². The third-order valence-corrected chi connectivity index (χ3v) is 2.74. The fourth-order valence-corrected chi connectivity index (χ4v) is 1.80. The first-order chi connectivity index (χ1) is 8.99. The minimum Gasteiger partial charge on any atom is -0.396 e. The molecule has 0 spiro atoms. The summed E-state index contributed by atoms with van der Waals surface area (Å²) in [4.78, 5) is 37.0. The maximum Gasteiger partial charge on any atom is 0.327 e. The quantitative estimate of drug-likeness (QED) is 0.544. The first kappa shape index (κ1) is 15.4. The molecule has 1 heterocycles. The van der Waals surface area contributed by atoms with E-state index in [2.05, 4.69) is 5.32 Å². The van der Waals surface area contributed by atoms with E-state index in [1.807, 2.05) is 0 Å². The van der Waals surface area contributed by atoms with Gasteiger partial charge >= 0.3 is 6.03 Å². The second kappa shape index (κ2) is 7.05. The highest BCUT2D eigenvalue weighted by Crippen LogP contribution is 2.07. The van der Waals surface area contributed by atoms with E-state index in [1.54, 1.807) is 0 Å². The van der Waals surface area contributed by atoms with Gasteiger partial charge in [-0.15, -0.1) is 0 Å². The van der Waals surface area contributed by atoms with E-state index in [4.69, 9.17) is 9.84 Å². The summed E-state index contributed by atoms with van der Waals surface area (Å²) >= 11 is 0. The average Bonchev–Trinajstić information content (AvgIpc) is 2.57. The summed E-state index contributed by atoms with van der Waals surface area (Å²) < 4.78 is 4.91. The fraction of sp³-hybridized carbons (Fsp3) is 0.727. The Morgan fingerprint density at radius 1 is 1.53 bits per heavy atom. The van der Waals surface area contributed by atoms with Crippen molar-refractivity contribution in [2.45, 2.75) is 12.5 Å². The maximum absolute atomic E-state index is 11.7. The van der Waals surface area contributed by atoms with Crippen LogP contribution in [0.2, 0.25) is 0 Å². The van der Waals surface area contributed by atoms with Crippen LogP contribution in [0.25, 0.3) is 0 Å². The third-order valence-electron chi connectivity index (χ3n) is 2.74. The zero-order valence-electron chi connectivity index (χ0n) is 11.1. The van der Waals surface area contributed by atoms with E-state index in [0.717, 1.165) is 4.90 Å². The molecular weight excluding hydrogens is 254 g/mol. The number of nitrogens with one attached hydrogen (secondary N) is 1. The van der Waals surface area contributed by atoms with Gasteiger partial charge in [-0.3, -0.25) is 14.5 Å². The summed E-state index contributed by atoms with van der Waals surface area (Å²) in [6, 6.07) is -0.821. The first-order valence-electron chi connectivity index (χ1n) is 5.94. The molecule has 19 heavy (non-hydrogen) atoms. The number of aliphatic hydroxyl groups is 1. The molecule has 1 rings (SSSR count). The largest absolute Gasteiger partial charge is 0.396 e. The summed E-state index contributed by atoms with van der Waals surface area (Å²) in [5.74, 6) is -0.847. The van der Waals surface area contributed by atoms with E-state index in [0.29, 0.717) is 6.42 Å². The Morgan fingerprint density at radius 3 is 2.68 bits per heavy atom. The fourth-order valence-electron chi connectivity index (χ4n) is 1.80. The molecule has 4 amide bonds. The average molecular weight is 273 g/mol. The van der Waals surface area contributed by atoms with Gasteiger partial charge in [-0.05, 0) is 6.42 Å². The van der Waals surface area contributed by atoms with Crippen molar-refractivity contribution in [2.24, 2.45) is 0 Å². The lowest BCUT2D eigenvalue weighted by Crippen LogP contribution is -2.46.